The predicted molar refractivity (Wildman–Crippen MR) is 76.1 cm³/mol. The summed E-state index contributed by atoms with van der Waals surface area (Å²) >= 11 is 0. The molecule has 5 heteroatoms. The van der Waals surface area contributed by atoms with E-state index in [4.69, 9.17) is 0 Å². The molecule has 3 rings (SSSR count). The van der Waals surface area contributed by atoms with Crippen LogP contribution in [-0.4, -0.2) is 40.9 Å². The van der Waals surface area contributed by atoms with Gasteiger partial charge in [-0.1, -0.05) is 0 Å². The molecule has 1 unspecified atom stereocenters. The van der Waals surface area contributed by atoms with Gasteiger partial charge >= 0.3 is 5.97 Å². The summed E-state index contributed by atoms with van der Waals surface area (Å²) in [7, 11) is 0. The van der Waals surface area contributed by atoms with Gasteiger partial charge in [0, 0.05) is 42.9 Å². The molecule has 1 aromatic heterocycles. The van der Waals surface area contributed by atoms with Gasteiger partial charge in [0.1, 0.15) is 0 Å². The van der Waals surface area contributed by atoms with E-state index in [0.29, 0.717) is 16.8 Å². The number of aromatic carboxylic acids is 1. The van der Waals surface area contributed by atoms with Crippen molar-refractivity contribution >= 4 is 22.6 Å². The summed E-state index contributed by atoms with van der Waals surface area (Å²) in [6.07, 6.45) is 2.48. The summed E-state index contributed by atoms with van der Waals surface area (Å²) in [5.41, 5.74) is 1.95. The van der Waals surface area contributed by atoms with E-state index in [1.807, 2.05) is 18.2 Å². The van der Waals surface area contributed by atoms with Crippen LogP contribution in [0.3, 0.4) is 0 Å². The number of benzene rings is 1. The molecule has 1 atom stereocenters. The molecule has 1 saturated heterocycles. The highest BCUT2D eigenvalue weighted by molar-refractivity contribution is 6.03. The average Bonchev–Trinajstić information content (AvgIpc) is 2.94. The van der Waals surface area contributed by atoms with Crippen molar-refractivity contribution in [3.8, 4) is 0 Å². The zero-order chi connectivity index (χ0) is 14.1. The fraction of sp³-hybridized carbons (Fsp3) is 0.333. The van der Waals surface area contributed by atoms with E-state index >= 15 is 0 Å². The van der Waals surface area contributed by atoms with Crippen LogP contribution in [0.1, 0.15) is 16.8 Å². The summed E-state index contributed by atoms with van der Waals surface area (Å²) in [6, 6.07) is 7.21. The normalized spacial score (nSPS) is 18.6. The zero-order valence-corrected chi connectivity index (χ0v) is 11.0. The van der Waals surface area contributed by atoms with Crippen LogP contribution in [0.5, 0.6) is 0 Å². The summed E-state index contributed by atoms with van der Waals surface area (Å²) < 4.78 is 0. The number of aromatic nitrogens is 1. The quantitative estimate of drug-likeness (QED) is 0.890. The number of fused-ring (bicyclic) bond motifs is 1. The minimum atomic E-state index is -0.941. The van der Waals surface area contributed by atoms with Crippen LogP contribution in [0.2, 0.25) is 0 Å². The molecule has 0 aliphatic carbocycles. The molecule has 0 amide bonds. The Bertz CT molecular complexity index is 657. The van der Waals surface area contributed by atoms with Crippen molar-refractivity contribution in [2.24, 2.45) is 5.92 Å². The van der Waals surface area contributed by atoms with Crippen molar-refractivity contribution in [1.82, 2.24) is 4.98 Å². The molecule has 1 aromatic carbocycles. The fourth-order valence-corrected chi connectivity index (χ4v) is 2.73. The largest absolute Gasteiger partial charge is 0.478 e. The Hall–Kier alpha value is -2.14. The van der Waals surface area contributed by atoms with E-state index in [2.05, 4.69) is 9.88 Å². The molecule has 20 heavy (non-hydrogen) atoms. The molecule has 2 heterocycles. The molecule has 0 bridgehead atoms. The molecule has 0 radical (unpaired) electrons. The first-order chi connectivity index (χ1) is 9.69. The standard InChI is InChI=1S/C15H16N2O3/c18-9-10-4-6-17(8-10)11-1-2-14-13(7-11)12(15(19)20)3-5-16-14/h1-3,5,7,10,18H,4,6,8-9H2,(H,19,20). The van der Waals surface area contributed by atoms with Gasteiger partial charge in [0.25, 0.3) is 0 Å². The Kier molecular flexibility index (Phi) is 3.28. The molecule has 2 aromatic rings. The highest BCUT2D eigenvalue weighted by Gasteiger charge is 2.22. The number of carboxylic acids is 1. The first-order valence-corrected chi connectivity index (χ1v) is 6.67. The number of rotatable bonds is 3. The van der Waals surface area contributed by atoms with E-state index in [-0.39, 0.29) is 12.2 Å². The van der Waals surface area contributed by atoms with Crippen LogP contribution >= 0.6 is 0 Å². The second-order valence-corrected chi connectivity index (χ2v) is 5.15. The molecule has 0 saturated carbocycles. The topological polar surface area (TPSA) is 73.7 Å². The van der Waals surface area contributed by atoms with Crippen LogP contribution in [0.15, 0.2) is 30.5 Å². The molecule has 5 nitrogen and oxygen atoms in total. The average molecular weight is 272 g/mol. The Morgan fingerprint density at radius 2 is 2.25 bits per heavy atom. The van der Waals surface area contributed by atoms with Gasteiger partial charge in [-0.05, 0) is 30.7 Å². The summed E-state index contributed by atoms with van der Waals surface area (Å²) in [5, 5.41) is 19.1. The Morgan fingerprint density at radius 1 is 1.40 bits per heavy atom. The molecule has 0 spiro atoms. The molecule has 2 N–H and O–H groups in total. The highest BCUT2D eigenvalue weighted by atomic mass is 16.4. The van der Waals surface area contributed by atoms with E-state index < -0.39 is 5.97 Å². The lowest BCUT2D eigenvalue weighted by atomic mass is 10.1. The van der Waals surface area contributed by atoms with Gasteiger partial charge in [0.2, 0.25) is 0 Å². The molecule has 1 fully saturated rings. The van der Waals surface area contributed by atoms with E-state index in [9.17, 15) is 15.0 Å². The highest BCUT2D eigenvalue weighted by Crippen LogP contribution is 2.27. The molecular weight excluding hydrogens is 256 g/mol. The van der Waals surface area contributed by atoms with Crippen molar-refractivity contribution < 1.29 is 15.0 Å². The number of carboxylic acid groups (broad SMARTS) is 1. The number of hydrogen-bond donors (Lipinski definition) is 2. The van der Waals surface area contributed by atoms with Crippen LogP contribution in [0, 0.1) is 5.92 Å². The van der Waals surface area contributed by atoms with Crippen LogP contribution < -0.4 is 4.90 Å². The van der Waals surface area contributed by atoms with Crippen molar-refractivity contribution in [1.29, 1.82) is 0 Å². The number of nitrogens with zero attached hydrogens (tertiary/aromatic N) is 2. The van der Waals surface area contributed by atoms with Crippen LogP contribution in [-0.2, 0) is 0 Å². The number of anilines is 1. The molecule has 104 valence electrons. The van der Waals surface area contributed by atoms with Crippen molar-refractivity contribution in [3.63, 3.8) is 0 Å². The van der Waals surface area contributed by atoms with Gasteiger partial charge in [-0.15, -0.1) is 0 Å². The minimum absolute atomic E-state index is 0.200. The number of pyridine rings is 1. The summed E-state index contributed by atoms with van der Waals surface area (Å²) in [6.45, 7) is 1.90. The second kappa shape index (κ2) is 5.09. The Morgan fingerprint density at radius 3 is 2.95 bits per heavy atom. The van der Waals surface area contributed by atoms with Gasteiger partial charge in [-0.3, -0.25) is 4.98 Å². The summed E-state index contributed by atoms with van der Waals surface area (Å²) in [5.74, 6) is -0.636. The Balaban J connectivity index is 2.02. The van der Waals surface area contributed by atoms with Crippen LogP contribution in [0.4, 0.5) is 5.69 Å². The van der Waals surface area contributed by atoms with Gasteiger partial charge in [-0.25, -0.2) is 4.79 Å². The van der Waals surface area contributed by atoms with Gasteiger partial charge < -0.3 is 15.1 Å². The predicted octanol–water partition coefficient (Wildman–Crippen LogP) is 1.75. The van der Waals surface area contributed by atoms with E-state index in [0.717, 1.165) is 25.2 Å². The first kappa shape index (κ1) is 12.9. The maximum atomic E-state index is 11.3. The van der Waals surface area contributed by atoms with Crippen molar-refractivity contribution in [3.05, 3.63) is 36.0 Å². The Labute approximate surface area is 116 Å². The fourth-order valence-electron chi connectivity index (χ4n) is 2.73. The minimum Gasteiger partial charge on any atom is -0.478 e. The second-order valence-electron chi connectivity index (χ2n) is 5.15. The molecule has 1 aliphatic rings. The third-order valence-electron chi connectivity index (χ3n) is 3.86. The lowest BCUT2D eigenvalue weighted by molar-refractivity contribution is 0.0699. The maximum absolute atomic E-state index is 11.3. The third-order valence-corrected chi connectivity index (χ3v) is 3.86. The van der Waals surface area contributed by atoms with E-state index in [1.165, 1.54) is 12.3 Å². The summed E-state index contributed by atoms with van der Waals surface area (Å²) in [4.78, 5) is 17.7. The van der Waals surface area contributed by atoms with Crippen LogP contribution in [0.25, 0.3) is 10.9 Å². The smallest absolute Gasteiger partial charge is 0.336 e. The SMILES string of the molecule is O=C(O)c1ccnc2ccc(N3CCC(CO)C3)cc12. The number of hydrogen-bond acceptors (Lipinski definition) is 4. The maximum Gasteiger partial charge on any atom is 0.336 e. The lowest BCUT2D eigenvalue weighted by Crippen LogP contribution is -2.20. The molecular formula is C15H16N2O3. The number of aliphatic hydroxyl groups is 1. The first-order valence-electron chi connectivity index (χ1n) is 6.67. The third kappa shape index (κ3) is 2.20. The lowest BCUT2D eigenvalue weighted by Gasteiger charge is -2.19. The number of aliphatic hydroxyl groups excluding tert-OH is 1. The molecule has 1 aliphatic heterocycles. The van der Waals surface area contributed by atoms with Crippen molar-refractivity contribution in [2.45, 2.75) is 6.42 Å². The number of carbonyl (C=O) groups is 1. The van der Waals surface area contributed by atoms with Crippen molar-refractivity contribution in [2.75, 3.05) is 24.6 Å². The van der Waals surface area contributed by atoms with Gasteiger partial charge in [-0.2, -0.15) is 0 Å². The van der Waals surface area contributed by atoms with Gasteiger partial charge in [0.05, 0.1) is 11.1 Å². The monoisotopic (exact) mass is 272 g/mol. The zero-order valence-electron chi connectivity index (χ0n) is 11.0. The van der Waals surface area contributed by atoms with E-state index in [1.54, 1.807) is 0 Å². The van der Waals surface area contributed by atoms with Gasteiger partial charge in [0.15, 0.2) is 0 Å².